The summed E-state index contributed by atoms with van der Waals surface area (Å²) in [6.45, 7) is 3.79. The number of halogens is 2. The average molecular weight is 325 g/mol. The zero-order valence-electron chi connectivity index (χ0n) is 11.1. The molecule has 1 aromatic rings. The number of rotatable bonds is 5. The highest BCUT2D eigenvalue weighted by atomic mass is 35.7. The first-order chi connectivity index (χ1) is 9.16. The lowest BCUT2D eigenvalue weighted by molar-refractivity contribution is 0.0458. The smallest absolute Gasteiger partial charge is 0.338 e. The topological polar surface area (TPSA) is 69.7 Å². The van der Waals surface area contributed by atoms with Gasteiger partial charge in [-0.25, -0.2) is 17.6 Å². The van der Waals surface area contributed by atoms with Crippen molar-refractivity contribution in [2.75, 3.05) is 13.7 Å². The van der Waals surface area contributed by atoms with Crippen molar-refractivity contribution >= 4 is 25.7 Å². The molecular weight excluding hydrogens is 311 g/mol. The molecule has 20 heavy (non-hydrogen) atoms. The zero-order chi connectivity index (χ0) is 15.5. The molecule has 0 fully saturated rings. The SMILES string of the molecule is COc1c(F)cc(C(=O)OCC(C)C)cc1S(=O)(=O)Cl. The molecule has 0 saturated carbocycles. The molecule has 0 saturated heterocycles. The number of benzene rings is 1. The first-order valence-corrected chi connectivity index (χ1v) is 7.97. The highest BCUT2D eigenvalue weighted by molar-refractivity contribution is 8.13. The van der Waals surface area contributed by atoms with Gasteiger partial charge in [0.25, 0.3) is 9.05 Å². The van der Waals surface area contributed by atoms with Crippen LogP contribution in [0.5, 0.6) is 5.75 Å². The van der Waals surface area contributed by atoms with E-state index in [1.165, 1.54) is 0 Å². The molecule has 1 aromatic carbocycles. The van der Waals surface area contributed by atoms with Crippen LogP contribution in [0.1, 0.15) is 24.2 Å². The van der Waals surface area contributed by atoms with Gasteiger partial charge in [0.2, 0.25) is 0 Å². The molecule has 112 valence electrons. The molecule has 0 radical (unpaired) electrons. The molecule has 0 aliphatic heterocycles. The summed E-state index contributed by atoms with van der Waals surface area (Å²) in [6, 6.07) is 1.76. The number of hydrogen-bond acceptors (Lipinski definition) is 5. The van der Waals surface area contributed by atoms with Crippen LogP contribution in [0.25, 0.3) is 0 Å². The van der Waals surface area contributed by atoms with Gasteiger partial charge in [0.05, 0.1) is 19.3 Å². The molecule has 0 amide bonds. The highest BCUT2D eigenvalue weighted by Crippen LogP contribution is 2.31. The summed E-state index contributed by atoms with van der Waals surface area (Å²) >= 11 is 0. The minimum atomic E-state index is -4.26. The van der Waals surface area contributed by atoms with E-state index in [4.69, 9.17) is 15.4 Å². The average Bonchev–Trinajstić information content (AvgIpc) is 2.33. The monoisotopic (exact) mass is 324 g/mol. The van der Waals surface area contributed by atoms with Crippen molar-refractivity contribution in [1.82, 2.24) is 0 Å². The fraction of sp³-hybridized carbons (Fsp3) is 0.417. The van der Waals surface area contributed by atoms with Gasteiger partial charge < -0.3 is 9.47 Å². The minimum absolute atomic E-state index is 0.0956. The van der Waals surface area contributed by atoms with Gasteiger partial charge in [-0.1, -0.05) is 13.8 Å². The van der Waals surface area contributed by atoms with Crippen LogP contribution in [0.2, 0.25) is 0 Å². The van der Waals surface area contributed by atoms with Gasteiger partial charge in [-0.15, -0.1) is 0 Å². The molecular formula is C12H14ClFO5S. The van der Waals surface area contributed by atoms with Crippen molar-refractivity contribution < 1.29 is 27.1 Å². The van der Waals surface area contributed by atoms with E-state index in [0.717, 1.165) is 19.2 Å². The van der Waals surface area contributed by atoms with E-state index in [1.807, 2.05) is 13.8 Å². The summed E-state index contributed by atoms with van der Waals surface area (Å²) in [5, 5.41) is 0. The van der Waals surface area contributed by atoms with Crippen LogP contribution in [-0.2, 0) is 13.8 Å². The van der Waals surface area contributed by atoms with Crippen molar-refractivity contribution in [3.8, 4) is 5.75 Å². The van der Waals surface area contributed by atoms with Crippen LogP contribution in [0.3, 0.4) is 0 Å². The Morgan fingerprint density at radius 1 is 1.40 bits per heavy atom. The second-order valence-corrected chi connectivity index (χ2v) is 6.95. The summed E-state index contributed by atoms with van der Waals surface area (Å²) in [5.41, 5.74) is -0.247. The largest absolute Gasteiger partial charge is 0.492 e. The van der Waals surface area contributed by atoms with E-state index in [1.54, 1.807) is 0 Å². The Morgan fingerprint density at radius 3 is 2.45 bits per heavy atom. The van der Waals surface area contributed by atoms with Gasteiger partial charge in [0.15, 0.2) is 11.6 Å². The highest BCUT2D eigenvalue weighted by Gasteiger charge is 2.24. The van der Waals surface area contributed by atoms with Gasteiger partial charge in [-0.05, 0) is 18.1 Å². The van der Waals surface area contributed by atoms with Crippen molar-refractivity contribution in [1.29, 1.82) is 0 Å². The molecule has 0 aliphatic rings. The van der Waals surface area contributed by atoms with Gasteiger partial charge >= 0.3 is 5.97 Å². The molecule has 1 rings (SSSR count). The third-order valence-corrected chi connectivity index (χ3v) is 3.59. The van der Waals surface area contributed by atoms with Gasteiger partial charge in [-0.3, -0.25) is 0 Å². The Labute approximate surface area is 121 Å². The predicted octanol–water partition coefficient (Wildman–Crippen LogP) is 2.57. The third kappa shape index (κ3) is 4.08. The summed E-state index contributed by atoms with van der Waals surface area (Å²) in [5.74, 6) is -2.29. The van der Waals surface area contributed by atoms with Crippen LogP contribution >= 0.6 is 10.7 Å². The summed E-state index contributed by atoms with van der Waals surface area (Å²) in [6.07, 6.45) is 0. The van der Waals surface area contributed by atoms with E-state index in [-0.39, 0.29) is 18.1 Å². The van der Waals surface area contributed by atoms with Gasteiger partial charge in [-0.2, -0.15) is 0 Å². The Hall–Kier alpha value is -1.34. The van der Waals surface area contributed by atoms with E-state index < -0.39 is 31.5 Å². The molecule has 0 aliphatic carbocycles. The third-order valence-electron chi connectivity index (χ3n) is 2.26. The standard InChI is InChI=1S/C12H14ClFO5S/c1-7(2)6-19-12(15)8-4-9(14)11(18-3)10(5-8)20(13,16)17/h4-5,7H,6H2,1-3H3. The molecule has 0 bridgehead atoms. The normalized spacial score (nSPS) is 11.5. The number of carbonyl (C=O) groups excluding carboxylic acids is 1. The Balaban J connectivity index is 3.25. The maximum Gasteiger partial charge on any atom is 0.338 e. The maximum absolute atomic E-state index is 13.7. The van der Waals surface area contributed by atoms with E-state index in [0.29, 0.717) is 0 Å². The predicted molar refractivity (Wildman–Crippen MR) is 71.1 cm³/mol. The molecule has 0 heterocycles. The first kappa shape index (κ1) is 16.7. The van der Waals surface area contributed by atoms with Crippen LogP contribution in [-0.4, -0.2) is 28.1 Å². The molecule has 0 aromatic heterocycles. The zero-order valence-corrected chi connectivity index (χ0v) is 12.7. The molecule has 0 spiro atoms. The van der Waals surface area contributed by atoms with Crippen molar-refractivity contribution in [3.63, 3.8) is 0 Å². The maximum atomic E-state index is 13.7. The number of carbonyl (C=O) groups is 1. The van der Waals surface area contributed by atoms with Crippen LogP contribution < -0.4 is 4.74 Å². The van der Waals surface area contributed by atoms with Crippen molar-refractivity contribution in [2.45, 2.75) is 18.7 Å². The lowest BCUT2D eigenvalue weighted by atomic mass is 10.2. The molecule has 5 nitrogen and oxygen atoms in total. The first-order valence-electron chi connectivity index (χ1n) is 5.66. The van der Waals surface area contributed by atoms with Crippen LogP contribution in [0.4, 0.5) is 4.39 Å². The van der Waals surface area contributed by atoms with Crippen molar-refractivity contribution in [2.24, 2.45) is 5.92 Å². The van der Waals surface area contributed by atoms with E-state index >= 15 is 0 Å². The lowest BCUT2D eigenvalue weighted by Crippen LogP contribution is -2.12. The Kier molecular flexibility index (Phi) is 5.35. The fourth-order valence-corrected chi connectivity index (χ4v) is 2.40. The molecule has 8 heteroatoms. The van der Waals surface area contributed by atoms with E-state index in [2.05, 4.69) is 4.74 Å². The number of hydrogen-bond donors (Lipinski definition) is 0. The summed E-state index contributed by atoms with van der Waals surface area (Å²) in [7, 11) is 2.03. The summed E-state index contributed by atoms with van der Waals surface area (Å²) < 4.78 is 46.0. The van der Waals surface area contributed by atoms with Gasteiger partial charge in [0, 0.05) is 10.7 Å². The van der Waals surface area contributed by atoms with E-state index in [9.17, 15) is 17.6 Å². The Morgan fingerprint density at radius 2 is 2.00 bits per heavy atom. The van der Waals surface area contributed by atoms with Crippen LogP contribution in [0, 0.1) is 11.7 Å². The second kappa shape index (κ2) is 6.41. The molecule has 0 unspecified atom stereocenters. The number of methoxy groups -OCH3 is 1. The number of esters is 1. The van der Waals surface area contributed by atoms with Crippen LogP contribution in [0.15, 0.2) is 17.0 Å². The van der Waals surface area contributed by atoms with Gasteiger partial charge in [0.1, 0.15) is 4.90 Å². The number of ether oxygens (including phenoxy) is 2. The summed E-state index contributed by atoms with van der Waals surface area (Å²) in [4.78, 5) is 11.1. The minimum Gasteiger partial charge on any atom is -0.492 e. The lowest BCUT2D eigenvalue weighted by Gasteiger charge is -2.11. The Bertz CT molecular complexity index is 613. The quantitative estimate of drug-likeness (QED) is 0.615. The fourth-order valence-electron chi connectivity index (χ4n) is 1.39. The molecule has 0 atom stereocenters. The second-order valence-electron chi connectivity index (χ2n) is 4.42. The van der Waals surface area contributed by atoms with Crippen molar-refractivity contribution in [3.05, 3.63) is 23.5 Å². The molecule has 0 N–H and O–H groups in total.